The van der Waals surface area contributed by atoms with E-state index in [1.54, 1.807) is 26.8 Å². The Hall–Kier alpha value is -2.22. The van der Waals surface area contributed by atoms with Crippen LogP contribution in [0.4, 0.5) is 5.69 Å². The van der Waals surface area contributed by atoms with E-state index in [0.29, 0.717) is 12.1 Å². The molecule has 0 heterocycles. The van der Waals surface area contributed by atoms with Gasteiger partial charge in [-0.15, -0.1) is 0 Å². The number of carbonyl (C=O) groups is 1. The first-order valence-corrected chi connectivity index (χ1v) is 9.45. The number of sulfone groups is 1. The number of nitro groups is 1. The van der Waals surface area contributed by atoms with Crippen LogP contribution >= 0.6 is 0 Å². The van der Waals surface area contributed by atoms with Crippen molar-refractivity contribution in [1.29, 1.82) is 0 Å². The lowest BCUT2D eigenvalue weighted by Gasteiger charge is -2.26. The Morgan fingerprint density at radius 3 is 2.58 bits per heavy atom. The van der Waals surface area contributed by atoms with Gasteiger partial charge in [-0.1, -0.05) is 19.1 Å². The van der Waals surface area contributed by atoms with Gasteiger partial charge < -0.3 is 4.90 Å². The molecule has 0 fully saturated rings. The second kappa shape index (κ2) is 8.58. The van der Waals surface area contributed by atoms with Gasteiger partial charge in [0, 0.05) is 36.5 Å². The third kappa shape index (κ3) is 5.77. The Labute approximate surface area is 142 Å². The van der Waals surface area contributed by atoms with Gasteiger partial charge in [0.2, 0.25) is 5.91 Å². The number of carbonyl (C=O) groups excluding carboxylic acids is 1. The first-order valence-electron chi connectivity index (χ1n) is 7.63. The summed E-state index contributed by atoms with van der Waals surface area (Å²) in [5.74, 6) is -0.386. The molecule has 0 N–H and O–H groups in total. The topological polar surface area (TPSA) is 97.6 Å². The van der Waals surface area contributed by atoms with Crippen molar-refractivity contribution in [3.8, 4) is 0 Å². The Morgan fingerprint density at radius 2 is 2.04 bits per heavy atom. The van der Waals surface area contributed by atoms with E-state index < -0.39 is 20.8 Å². The Bertz CT molecular complexity index is 728. The van der Waals surface area contributed by atoms with Crippen molar-refractivity contribution < 1.29 is 18.1 Å². The number of benzene rings is 1. The fourth-order valence-corrected chi connectivity index (χ4v) is 3.42. The van der Waals surface area contributed by atoms with E-state index >= 15 is 0 Å². The summed E-state index contributed by atoms with van der Waals surface area (Å²) in [6.07, 6.45) is 2.79. The number of likely N-dealkylation sites (N-methyl/N-ethyl adjacent to an activating group) is 1. The standard InChI is InChI=1S/C16H22N2O5S/c1-4-17(13(3)12-24(22,23)5-2)16(19)10-9-14-7-6-8-15(11-14)18(20)21/h6-11,13H,4-5,12H2,1-3H3/b10-9+. The SMILES string of the molecule is CCN(C(=O)/C=C/c1cccc([N+](=O)[O-])c1)C(C)CS(=O)(=O)CC. The van der Waals surface area contributed by atoms with Gasteiger partial charge >= 0.3 is 0 Å². The van der Waals surface area contributed by atoms with Gasteiger partial charge in [0.05, 0.1) is 10.7 Å². The van der Waals surface area contributed by atoms with E-state index in [9.17, 15) is 23.3 Å². The molecule has 132 valence electrons. The Morgan fingerprint density at radius 1 is 1.38 bits per heavy atom. The van der Waals surface area contributed by atoms with E-state index in [2.05, 4.69) is 0 Å². The van der Waals surface area contributed by atoms with Gasteiger partial charge in [0.1, 0.15) is 0 Å². The predicted molar refractivity (Wildman–Crippen MR) is 93.3 cm³/mol. The van der Waals surface area contributed by atoms with Crippen LogP contribution in [0.5, 0.6) is 0 Å². The molecule has 0 saturated carbocycles. The molecule has 1 rings (SSSR count). The van der Waals surface area contributed by atoms with Gasteiger partial charge in [-0.3, -0.25) is 14.9 Å². The van der Waals surface area contributed by atoms with Crippen molar-refractivity contribution in [2.75, 3.05) is 18.1 Å². The largest absolute Gasteiger partial charge is 0.336 e. The summed E-state index contributed by atoms with van der Waals surface area (Å²) < 4.78 is 23.4. The van der Waals surface area contributed by atoms with Crippen LogP contribution in [0.1, 0.15) is 26.3 Å². The lowest BCUT2D eigenvalue weighted by molar-refractivity contribution is -0.384. The smallest absolute Gasteiger partial charge is 0.270 e. The molecule has 1 aromatic rings. The molecular weight excluding hydrogens is 332 g/mol. The van der Waals surface area contributed by atoms with Gasteiger partial charge in [0.15, 0.2) is 9.84 Å². The molecule has 1 aromatic carbocycles. The van der Waals surface area contributed by atoms with Crippen LogP contribution in [0, 0.1) is 10.1 Å². The monoisotopic (exact) mass is 354 g/mol. The fraction of sp³-hybridized carbons (Fsp3) is 0.438. The van der Waals surface area contributed by atoms with Gasteiger partial charge in [-0.25, -0.2) is 8.42 Å². The minimum Gasteiger partial charge on any atom is -0.336 e. The molecule has 0 saturated heterocycles. The van der Waals surface area contributed by atoms with Crippen LogP contribution in [-0.2, 0) is 14.6 Å². The summed E-state index contributed by atoms with van der Waals surface area (Å²) in [5.41, 5.74) is 0.474. The normalized spacial score (nSPS) is 13.0. The maximum atomic E-state index is 12.3. The maximum absolute atomic E-state index is 12.3. The van der Waals surface area contributed by atoms with Crippen molar-refractivity contribution in [3.05, 3.63) is 46.0 Å². The number of hydrogen-bond donors (Lipinski definition) is 0. The highest BCUT2D eigenvalue weighted by molar-refractivity contribution is 7.91. The van der Waals surface area contributed by atoms with Crippen molar-refractivity contribution >= 4 is 27.5 Å². The van der Waals surface area contributed by atoms with Crippen molar-refractivity contribution in [2.45, 2.75) is 26.8 Å². The molecule has 0 aliphatic rings. The molecule has 8 heteroatoms. The first-order chi connectivity index (χ1) is 11.2. The molecule has 1 unspecified atom stereocenters. The average Bonchev–Trinajstić information content (AvgIpc) is 2.53. The summed E-state index contributed by atoms with van der Waals surface area (Å²) in [7, 11) is -3.18. The number of rotatable bonds is 8. The Kier molecular flexibility index (Phi) is 7.09. The highest BCUT2D eigenvalue weighted by Crippen LogP contribution is 2.14. The molecule has 0 bridgehead atoms. The first kappa shape index (κ1) is 19.8. The van der Waals surface area contributed by atoms with E-state index in [-0.39, 0.29) is 23.1 Å². The molecule has 0 radical (unpaired) electrons. The molecule has 1 atom stereocenters. The van der Waals surface area contributed by atoms with E-state index in [0.717, 1.165) is 0 Å². The van der Waals surface area contributed by atoms with Crippen molar-refractivity contribution in [3.63, 3.8) is 0 Å². The van der Waals surface area contributed by atoms with E-state index in [1.165, 1.54) is 35.3 Å². The molecular formula is C16H22N2O5S. The zero-order valence-electron chi connectivity index (χ0n) is 14.0. The molecule has 7 nitrogen and oxygen atoms in total. The van der Waals surface area contributed by atoms with Crippen LogP contribution in [0.25, 0.3) is 6.08 Å². The number of amides is 1. The molecule has 0 aliphatic carbocycles. The summed E-state index contributed by atoms with van der Waals surface area (Å²) in [6.45, 7) is 5.41. The third-order valence-corrected chi connectivity index (χ3v) is 5.46. The second-order valence-electron chi connectivity index (χ2n) is 5.36. The average molecular weight is 354 g/mol. The van der Waals surface area contributed by atoms with Gasteiger partial charge in [-0.05, 0) is 25.5 Å². The summed E-state index contributed by atoms with van der Waals surface area (Å²) in [5, 5.41) is 10.7. The predicted octanol–water partition coefficient (Wildman–Crippen LogP) is 2.28. The van der Waals surface area contributed by atoms with E-state index in [1.807, 2.05) is 0 Å². The van der Waals surface area contributed by atoms with Crippen LogP contribution in [0.15, 0.2) is 30.3 Å². The van der Waals surface area contributed by atoms with Crippen LogP contribution in [0.3, 0.4) is 0 Å². The van der Waals surface area contributed by atoms with Gasteiger partial charge in [0.25, 0.3) is 5.69 Å². The molecule has 1 amide bonds. The maximum Gasteiger partial charge on any atom is 0.270 e. The third-order valence-electron chi connectivity index (χ3n) is 3.59. The molecule has 24 heavy (non-hydrogen) atoms. The quantitative estimate of drug-likeness (QED) is 0.405. The lowest BCUT2D eigenvalue weighted by atomic mass is 10.2. The molecule has 0 spiro atoms. The summed E-state index contributed by atoms with van der Waals surface area (Å²) >= 11 is 0. The Balaban J connectivity index is 2.87. The highest BCUT2D eigenvalue weighted by atomic mass is 32.2. The molecule has 0 aliphatic heterocycles. The summed E-state index contributed by atoms with van der Waals surface area (Å²) in [4.78, 5) is 24.0. The zero-order valence-corrected chi connectivity index (χ0v) is 14.8. The highest BCUT2D eigenvalue weighted by Gasteiger charge is 2.21. The number of nitrogens with zero attached hydrogens (tertiary/aromatic N) is 2. The second-order valence-corrected chi connectivity index (χ2v) is 7.76. The fourth-order valence-electron chi connectivity index (χ4n) is 2.27. The number of non-ortho nitro benzene ring substituents is 1. The minimum atomic E-state index is -3.18. The van der Waals surface area contributed by atoms with Gasteiger partial charge in [-0.2, -0.15) is 0 Å². The van der Waals surface area contributed by atoms with E-state index in [4.69, 9.17) is 0 Å². The molecule has 0 aromatic heterocycles. The van der Waals surface area contributed by atoms with Crippen LogP contribution in [-0.4, -0.2) is 48.2 Å². The van der Waals surface area contributed by atoms with Crippen molar-refractivity contribution in [1.82, 2.24) is 4.90 Å². The number of hydrogen-bond acceptors (Lipinski definition) is 5. The number of nitro benzene ring substituents is 1. The minimum absolute atomic E-state index is 0.0343. The summed E-state index contributed by atoms with van der Waals surface area (Å²) in [6, 6.07) is 5.48. The lowest BCUT2D eigenvalue weighted by Crippen LogP contribution is -2.41. The van der Waals surface area contributed by atoms with Crippen LogP contribution in [0.2, 0.25) is 0 Å². The van der Waals surface area contributed by atoms with Crippen molar-refractivity contribution in [2.24, 2.45) is 0 Å². The van der Waals surface area contributed by atoms with Crippen LogP contribution < -0.4 is 0 Å². The zero-order chi connectivity index (χ0) is 18.3.